The van der Waals surface area contributed by atoms with Gasteiger partial charge in [-0.25, -0.2) is 15.0 Å². The Morgan fingerprint density at radius 3 is 2.33 bits per heavy atom. The molecule has 24 heavy (non-hydrogen) atoms. The molecule has 1 N–H and O–H groups in total. The molecule has 0 unspecified atom stereocenters. The van der Waals surface area contributed by atoms with E-state index in [1.165, 1.54) is 0 Å². The minimum Gasteiger partial charge on any atom is -0.306 e. The Morgan fingerprint density at radius 2 is 1.58 bits per heavy atom. The number of aryl methyl sites for hydroxylation is 1. The molecule has 0 fully saturated rings. The number of fused-ring (bicyclic) bond motifs is 2. The van der Waals surface area contributed by atoms with Crippen molar-refractivity contribution in [2.45, 2.75) is 6.92 Å². The molecule has 2 aromatic heterocycles. The molecule has 5 nitrogen and oxygen atoms in total. The van der Waals surface area contributed by atoms with Gasteiger partial charge in [0.1, 0.15) is 5.82 Å². The van der Waals surface area contributed by atoms with E-state index in [2.05, 4.69) is 20.3 Å². The standard InChI is InChI=1S/C19H14N4O/c1-12-5-4-10-20-18(12)23-19(24)13-8-9-16-17(11-13)22-15-7-3-2-6-14(15)21-16/h2-11H,1H3,(H,20,23,24). The van der Waals surface area contributed by atoms with Crippen LogP contribution in [-0.4, -0.2) is 20.9 Å². The monoisotopic (exact) mass is 314 g/mol. The van der Waals surface area contributed by atoms with Crippen molar-refractivity contribution in [3.8, 4) is 0 Å². The van der Waals surface area contributed by atoms with Crippen LogP contribution in [0.1, 0.15) is 15.9 Å². The second-order valence-corrected chi connectivity index (χ2v) is 5.54. The third kappa shape index (κ3) is 2.56. The quantitative estimate of drug-likeness (QED) is 0.572. The van der Waals surface area contributed by atoms with Crippen LogP contribution in [0.5, 0.6) is 0 Å². The van der Waals surface area contributed by atoms with Crippen LogP contribution in [0.15, 0.2) is 60.8 Å². The molecule has 116 valence electrons. The number of rotatable bonds is 2. The van der Waals surface area contributed by atoms with Gasteiger partial charge in [0.2, 0.25) is 0 Å². The summed E-state index contributed by atoms with van der Waals surface area (Å²) in [6.45, 7) is 1.90. The number of benzene rings is 2. The first-order chi connectivity index (χ1) is 11.7. The van der Waals surface area contributed by atoms with Gasteiger partial charge in [0.15, 0.2) is 0 Å². The van der Waals surface area contributed by atoms with Gasteiger partial charge < -0.3 is 5.32 Å². The van der Waals surface area contributed by atoms with Crippen molar-refractivity contribution in [2.24, 2.45) is 0 Å². The summed E-state index contributed by atoms with van der Waals surface area (Å²) < 4.78 is 0. The Hall–Kier alpha value is -3.34. The summed E-state index contributed by atoms with van der Waals surface area (Å²) in [5, 5.41) is 2.83. The van der Waals surface area contributed by atoms with E-state index in [9.17, 15) is 4.79 Å². The summed E-state index contributed by atoms with van der Waals surface area (Å²) in [5.74, 6) is 0.348. The normalized spacial score (nSPS) is 10.9. The van der Waals surface area contributed by atoms with E-state index < -0.39 is 0 Å². The largest absolute Gasteiger partial charge is 0.306 e. The van der Waals surface area contributed by atoms with E-state index in [-0.39, 0.29) is 5.91 Å². The molecule has 2 aromatic carbocycles. The number of pyridine rings is 1. The number of carbonyl (C=O) groups is 1. The van der Waals surface area contributed by atoms with Gasteiger partial charge in [-0.05, 0) is 48.9 Å². The highest BCUT2D eigenvalue weighted by Crippen LogP contribution is 2.18. The predicted octanol–water partition coefficient (Wildman–Crippen LogP) is 3.74. The van der Waals surface area contributed by atoms with Crippen LogP contribution in [0.3, 0.4) is 0 Å². The van der Waals surface area contributed by atoms with Gasteiger partial charge in [0.25, 0.3) is 5.91 Å². The van der Waals surface area contributed by atoms with Crippen LogP contribution in [0.2, 0.25) is 0 Å². The minimum absolute atomic E-state index is 0.214. The number of amides is 1. The average molecular weight is 314 g/mol. The number of anilines is 1. The summed E-state index contributed by atoms with van der Waals surface area (Å²) in [4.78, 5) is 25.8. The van der Waals surface area contributed by atoms with E-state index in [0.29, 0.717) is 16.9 Å². The van der Waals surface area contributed by atoms with E-state index in [4.69, 9.17) is 0 Å². The van der Waals surface area contributed by atoms with Crippen LogP contribution in [0, 0.1) is 6.92 Å². The Kier molecular flexibility index (Phi) is 3.39. The molecule has 4 aromatic rings. The summed E-state index contributed by atoms with van der Waals surface area (Å²) in [7, 11) is 0. The molecule has 0 aliphatic rings. The van der Waals surface area contributed by atoms with Crippen LogP contribution in [0.25, 0.3) is 22.1 Å². The number of hydrogen-bond donors (Lipinski definition) is 1. The molecule has 0 saturated carbocycles. The summed E-state index contributed by atoms with van der Waals surface area (Å²) in [5.41, 5.74) is 4.54. The Morgan fingerprint density at radius 1 is 0.875 bits per heavy atom. The highest BCUT2D eigenvalue weighted by Gasteiger charge is 2.10. The van der Waals surface area contributed by atoms with Gasteiger partial charge in [-0.2, -0.15) is 0 Å². The van der Waals surface area contributed by atoms with Crippen molar-refractivity contribution < 1.29 is 4.79 Å². The van der Waals surface area contributed by atoms with Crippen molar-refractivity contribution in [1.82, 2.24) is 15.0 Å². The predicted molar refractivity (Wildman–Crippen MR) is 94.0 cm³/mol. The number of para-hydroxylation sites is 2. The third-order valence-electron chi connectivity index (χ3n) is 3.84. The molecule has 0 atom stereocenters. The minimum atomic E-state index is -0.214. The van der Waals surface area contributed by atoms with Crippen LogP contribution in [0.4, 0.5) is 5.82 Å². The first kappa shape index (κ1) is 14.3. The number of carbonyl (C=O) groups excluding carboxylic acids is 1. The average Bonchev–Trinajstić information content (AvgIpc) is 2.61. The fraction of sp³-hybridized carbons (Fsp3) is 0.0526. The van der Waals surface area contributed by atoms with E-state index in [1.807, 2.05) is 49.4 Å². The zero-order chi connectivity index (χ0) is 16.5. The number of nitrogens with one attached hydrogen (secondary N) is 1. The lowest BCUT2D eigenvalue weighted by atomic mass is 10.1. The van der Waals surface area contributed by atoms with Crippen LogP contribution < -0.4 is 5.32 Å². The first-order valence-corrected chi connectivity index (χ1v) is 7.60. The summed E-state index contributed by atoms with van der Waals surface area (Å²) in [6, 6.07) is 16.7. The zero-order valence-corrected chi connectivity index (χ0v) is 13.0. The molecule has 1 amide bonds. The Labute approximate surface area is 138 Å². The second-order valence-electron chi connectivity index (χ2n) is 5.54. The van der Waals surface area contributed by atoms with Crippen molar-refractivity contribution >= 4 is 33.8 Å². The molecule has 0 spiro atoms. The molecule has 0 radical (unpaired) electrons. The van der Waals surface area contributed by atoms with E-state index in [1.54, 1.807) is 18.3 Å². The maximum atomic E-state index is 12.5. The molecule has 5 heteroatoms. The lowest BCUT2D eigenvalue weighted by molar-refractivity contribution is 0.102. The lowest BCUT2D eigenvalue weighted by Gasteiger charge is -2.07. The topological polar surface area (TPSA) is 67.8 Å². The number of nitrogens with zero attached hydrogens (tertiary/aromatic N) is 3. The molecule has 2 heterocycles. The molecule has 0 aliphatic heterocycles. The van der Waals surface area contributed by atoms with Gasteiger partial charge in [0.05, 0.1) is 22.1 Å². The second kappa shape index (κ2) is 5.70. The number of aromatic nitrogens is 3. The summed E-state index contributed by atoms with van der Waals surface area (Å²) in [6.07, 6.45) is 1.65. The fourth-order valence-corrected chi connectivity index (χ4v) is 2.56. The van der Waals surface area contributed by atoms with E-state index in [0.717, 1.165) is 22.1 Å². The van der Waals surface area contributed by atoms with Crippen molar-refractivity contribution in [3.63, 3.8) is 0 Å². The maximum absolute atomic E-state index is 12.5. The van der Waals surface area contributed by atoms with Gasteiger partial charge in [0, 0.05) is 11.8 Å². The smallest absolute Gasteiger partial charge is 0.256 e. The molecule has 4 rings (SSSR count). The molecule has 0 bridgehead atoms. The van der Waals surface area contributed by atoms with Gasteiger partial charge in [-0.3, -0.25) is 4.79 Å². The fourth-order valence-electron chi connectivity index (χ4n) is 2.56. The van der Waals surface area contributed by atoms with Crippen molar-refractivity contribution in [2.75, 3.05) is 5.32 Å². The zero-order valence-electron chi connectivity index (χ0n) is 13.0. The molecule has 0 saturated heterocycles. The maximum Gasteiger partial charge on any atom is 0.256 e. The molecular formula is C19H14N4O. The Balaban J connectivity index is 1.72. The Bertz CT molecular complexity index is 1080. The van der Waals surface area contributed by atoms with Gasteiger partial charge >= 0.3 is 0 Å². The highest BCUT2D eigenvalue weighted by atomic mass is 16.1. The third-order valence-corrected chi connectivity index (χ3v) is 3.84. The van der Waals surface area contributed by atoms with Gasteiger partial charge in [-0.1, -0.05) is 18.2 Å². The van der Waals surface area contributed by atoms with Gasteiger partial charge in [-0.15, -0.1) is 0 Å². The van der Waals surface area contributed by atoms with E-state index >= 15 is 0 Å². The molecular weight excluding hydrogens is 300 g/mol. The van der Waals surface area contributed by atoms with Crippen molar-refractivity contribution in [1.29, 1.82) is 0 Å². The SMILES string of the molecule is Cc1cccnc1NC(=O)c1ccc2nc3ccccc3nc2c1. The summed E-state index contributed by atoms with van der Waals surface area (Å²) >= 11 is 0. The lowest BCUT2D eigenvalue weighted by Crippen LogP contribution is -2.13. The van der Waals surface area contributed by atoms with Crippen LogP contribution >= 0.6 is 0 Å². The first-order valence-electron chi connectivity index (χ1n) is 7.60. The van der Waals surface area contributed by atoms with Crippen molar-refractivity contribution in [3.05, 3.63) is 71.9 Å². The highest BCUT2D eigenvalue weighted by molar-refractivity contribution is 6.06. The van der Waals surface area contributed by atoms with Crippen LogP contribution in [-0.2, 0) is 0 Å². The molecule has 0 aliphatic carbocycles. The number of hydrogen-bond acceptors (Lipinski definition) is 4.